The molecule has 0 spiro atoms. The van der Waals surface area contributed by atoms with Crippen LogP contribution in [0.3, 0.4) is 0 Å². The number of hydrogen-bond donors (Lipinski definition) is 2. The Morgan fingerprint density at radius 2 is 1.93 bits per heavy atom. The predicted molar refractivity (Wildman–Crippen MR) is 159 cm³/mol. The van der Waals surface area contributed by atoms with Gasteiger partial charge in [-0.25, -0.2) is 4.99 Å². The van der Waals surface area contributed by atoms with E-state index in [0.717, 1.165) is 11.3 Å². The first-order valence-electron chi connectivity index (χ1n) is 13.3. The van der Waals surface area contributed by atoms with Crippen LogP contribution in [0.25, 0.3) is 10.4 Å². The summed E-state index contributed by atoms with van der Waals surface area (Å²) in [6.07, 6.45) is 1.47. The minimum atomic E-state index is -1.40. The Labute approximate surface area is 239 Å². The maximum atomic E-state index is 14.0. The molecule has 1 heterocycles. The summed E-state index contributed by atoms with van der Waals surface area (Å²) in [5, 5.41) is 15.9. The van der Waals surface area contributed by atoms with Gasteiger partial charge in [0, 0.05) is 67.5 Å². The van der Waals surface area contributed by atoms with E-state index in [0.29, 0.717) is 42.1 Å². The molecule has 3 aromatic rings. The second kappa shape index (κ2) is 13.5. The number of rotatable bonds is 13. The maximum Gasteiger partial charge on any atom is 0.252 e. The van der Waals surface area contributed by atoms with Crippen molar-refractivity contribution in [2.24, 2.45) is 10.1 Å². The summed E-state index contributed by atoms with van der Waals surface area (Å²) in [5.41, 5.74) is 11.3. The summed E-state index contributed by atoms with van der Waals surface area (Å²) in [4.78, 5) is 23.9. The number of carbonyl (C=O) groups is 1. The van der Waals surface area contributed by atoms with Crippen LogP contribution in [0.15, 0.2) is 95.6 Å². The average Bonchev–Trinajstić information content (AvgIpc) is 3.37. The molecule has 0 bridgehead atoms. The van der Waals surface area contributed by atoms with E-state index in [1.165, 1.54) is 0 Å². The normalized spacial score (nSPS) is 17.5. The molecule has 10 nitrogen and oxygen atoms in total. The summed E-state index contributed by atoms with van der Waals surface area (Å²) < 4.78 is 12.1. The van der Waals surface area contributed by atoms with Crippen LogP contribution in [0.1, 0.15) is 35.6 Å². The number of aliphatic imine (C=N–C) groups is 1. The van der Waals surface area contributed by atoms with Gasteiger partial charge in [-0.3, -0.25) is 4.79 Å². The van der Waals surface area contributed by atoms with Crippen LogP contribution in [-0.2, 0) is 16.1 Å². The van der Waals surface area contributed by atoms with Crippen molar-refractivity contribution in [3.8, 4) is 5.75 Å². The first kappa shape index (κ1) is 29.2. The summed E-state index contributed by atoms with van der Waals surface area (Å²) in [6, 6.07) is 22.1. The van der Waals surface area contributed by atoms with Gasteiger partial charge >= 0.3 is 0 Å². The van der Waals surface area contributed by atoms with E-state index in [-0.39, 0.29) is 24.8 Å². The minimum Gasteiger partial charge on any atom is -0.494 e. The van der Waals surface area contributed by atoms with Gasteiger partial charge in [-0.1, -0.05) is 47.6 Å². The molecule has 0 fully saturated rings. The number of aliphatic hydroxyl groups is 1. The number of amides is 1. The minimum absolute atomic E-state index is 0.0519. The van der Waals surface area contributed by atoms with Gasteiger partial charge in [0.2, 0.25) is 5.90 Å². The van der Waals surface area contributed by atoms with E-state index >= 15 is 0 Å². The molecule has 1 amide bonds. The quantitative estimate of drug-likeness (QED) is 0.0932. The molecule has 10 heteroatoms. The van der Waals surface area contributed by atoms with E-state index < -0.39 is 11.6 Å². The highest BCUT2D eigenvalue weighted by Crippen LogP contribution is 2.45. The molecule has 0 saturated carbocycles. The Kier molecular flexibility index (Phi) is 9.63. The van der Waals surface area contributed by atoms with Gasteiger partial charge in [0.05, 0.1) is 6.61 Å². The zero-order valence-corrected chi connectivity index (χ0v) is 23.2. The van der Waals surface area contributed by atoms with E-state index in [4.69, 9.17) is 19.6 Å². The molecular formula is C31H34N6O4. The van der Waals surface area contributed by atoms with Gasteiger partial charge < -0.3 is 24.8 Å². The zero-order valence-electron chi connectivity index (χ0n) is 23.2. The number of nitrogens with zero attached hydrogens (tertiary/aromatic N) is 5. The zero-order chi connectivity index (χ0) is 29.2. The molecule has 2 N–H and O–H groups in total. The molecule has 4 rings (SSSR count). The third kappa shape index (κ3) is 6.69. The Bertz CT molecular complexity index is 1430. The van der Waals surface area contributed by atoms with Gasteiger partial charge in [0.25, 0.3) is 5.91 Å². The number of anilines is 1. The third-order valence-corrected chi connectivity index (χ3v) is 6.76. The SMILES string of the molecule is C=CC[C@@]1(C(=O)NCc2ccc(N(C)C)cc2)N=C(c2ccc(OCCCO)cc2)O[C@@H]1c1ccccc1N=[N+]=[N-]. The maximum absolute atomic E-state index is 14.0. The molecule has 0 aliphatic carbocycles. The third-order valence-electron chi connectivity index (χ3n) is 6.76. The van der Waals surface area contributed by atoms with Crippen molar-refractivity contribution in [3.05, 3.63) is 113 Å². The fourth-order valence-corrected chi connectivity index (χ4v) is 4.61. The van der Waals surface area contributed by atoms with Crippen molar-refractivity contribution < 1.29 is 19.4 Å². The second-order valence-electron chi connectivity index (χ2n) is 9.77. The Morgan fingerprint density at radius 1 is 1.20 bits per heavy atom. The smallest absolute Gasteiger partial charge is 0.252 e. The first-order valence-corrected chi connectivity index (χ1v) is 13.3. The second-order valence-corrected chi connectivity index (χ2v) is 9.77. The van der Waals surface area contributed by atoms with Gasteiger partial charge in [0.15, 0.2) is 11.6 Å². The highest BCUT2D eigenvalue weighted by atomic mass is 16.5. The van der Waals surface area contributed by atoms with Crippen molar-refractivity contribution in [1.82, 2.24) is 5.32 Å². The fraction of sp³-hybridized carbons (Fsp3) is 0.290. The molecule has 212 valence electrons. The lowest BCUT2D eigenvalue weighted by Crippen LogP contribution is -2.47. The van der Waals surface area contributed by atoms with Crippen molar-refractivity contribution in [2.45, 2.75) is 31.0 Å². The molecule has 3 aromatic carbocycles. The van der Waals surface area contributed by atoms with Crippen LogP contribution in [0.4, 0.5) is 11.4 Å². The molecule has 1 aliphatic rings. The molecule has 0 aromatic heterocycles. The van der Waals surface area contributed by atoms with Crippen LogP contribution in [-0.4, -0.2) is 49.8 Å². The number of carbonyl (C=O) groups excluding carboxylic acids is 1. The van der Waals surface area contributed by atoms with Crippen LogP contribution in [0.5, 0.6) is 5.75 Å². The van der Waals surface area contributed by atoms with Crippen molar-refractivity contribution in [1.29, 1.82) is 0 Å². The molecule has 2 atom stereocenters. The number of aliphatic hydroxyl groups excluding tert-OH is 1. The Morgan fingerprint density at radius 3 is 2.59 bits per heavy atom. The predicted octanol–water partition coefficient (Wildman–Crippen LogP) is 5.61. The number of hydrogen-bond acceptors (Lipinski definition) is 7. The largest absolute Gasteiger partial charge is 0.494 e. The Balaban J connectivity index is 1.69. The van der Waals surface area contributed by atoms with Gasteiger partial charge in [-0.2, -0.15) is 0 Å². The Hall–Kier alpha value is -4.79. The highest BCUT2D eigenvalue weighted by molar-refractivity contribution is 6.01. The van der Waals surface area contributed by atoms with Crippen molar-refractivity contribution in [3.63, 3.8) is 0 Å². The van der Waals surface area contributed by atoms with Crippen molar-refractivity contribution in [2.75, 3.05) is 32.2 Å². The van der Waals surface area contributed by atoms with Gasteiger partial charge in [-0.05, 0) is 47.5 Å². The lowest BCUT2D eigenvalue weighted by atomic mass is 9.83. The number of azide groups is 1. The number of ether oxygens (including phenoxy) is 2. The summed E-state index contributed by atoms with van der Waals surface area (Å²) in [6.45, 7) is 4.64. The molecule has 0 saturated heterocycles. The van der Waals surface area contributed by atoms with Gasteiger partial charge in [0.1, 0.15) is 5.75 Å². The van der Waals surface area contributed by atoms with Crippen LogP contribution in [0, 0.1) is 0 Å². The first-order chi connectivity index (χ1) is 19.9. The fourth-order valence-electron chi connectivity index (χ4n) is 4.61. The van der Waals surface area contributed by atoms with E-state index in [2.05, 4.69) is 21.9 Å². The van der Waals surface area contributed by atoms with E-state index in [9.17, 15) is 10.3 Å². The van der Waals surface area contributed by atoms with Gasteiger partial charge in [-0.15, -0.1) is 6.58 Å². The summed E-state index contributed by atoms with van der Waals surface area (Å²) >= 11 is 0. The molecule has 1 aliphatic heterocycles. The lowest BCUT2D eigenvalue weighted by Gasteiger charge is -2.30. The molecule has 41 heavy (non-hydrogen) atoms. The monoisotopic (exact) mass is 554 g/mol. The van der Waals surface area contributed by atoms with Crippen LogP contribution in [0.2, 0.25) is 0 Å². The standard InChI is InChI=1S/C31H34N6O4/c1-4-18-31(30(39)33-21-22-10-14-24(15-11-22)37(2)3)28(26-8-5-6-9-27(26)35-36-32)41-29(34-31)23-12-16-25(17-13-23)40-20-7-19-38/h4-6,8-17,28,38H,1,7,18-21H2,2-3H3,(H,33,39)/t28-,31-/m1/s1. The van der Waals surface area contributed by atoms with Crippen molar-refractivity contribution >= 4 is 23.2 Å². The molecule has 0 unspecified atom stereocenters. The van der Waals surface area contributed by atoms with E-state index in [1.807, 2.05) is 43.3 Å². The average molecular weight is 555 g/mol. The highest BCUT2D eigenvalue weighted by Gasteiger charge is 2.52. The number of benzene rings is 3. The molecular weight excluding hydrogens is 520 g/mol. The number of nitrogens with one attached hydrogen (secondary N) is 1. The van der Waals surface area contributed by atoms with E-state index in [1.54, 1.807) is 54.6 Å². The van der Waals surface area contributed by atoms with Crippen LogP contribution < -0.4 is 15.0 Å². The lowest BCUT2D eigenvalue weighted by molar-refractivity contribution is -0.129. The summed E-state index contributed by atoms with van der Waals surface area (Å²) in [5.74, 6) is 0.579. The summed E-state index contributed by atoms with van der Waals surface area (Å²) in [7, 11) is 3.94. The van der Waals surface area contributed by atoms with Crippen LogP contribution >= 0.6 is 0 Å². The molecule has 0 radical (unpaired) electrons. The topological polar surface area (TPSA) is 132 Å².